The summed E-state index contributed by atoms with van der Waals surface area (Å²) in [5.74, 6) is 0.888. The van der Waals surface area contributed by atoms with Crippen LogP contribution >= 0.6 is 0 Å². The van der Waals surface area contributed by atoms with E-state index < -0.39 is 0 Å². The molecule has 2 rings (SSSR count). The van der Waals surface area contributed by atoms with Crippen molar-refractivity contribution in [1.82, 2.24) is 4.98 Å². The molecule has 0 radical (unpaired) electrons. The van der Waals surface area contributed by atoms with Crippen molar-refractivity contribution in [3.8, 4) is 0 Å². The van der Waals surface area contributed by atoms with Gasteiger partial charge >= 0.3 is 0 Å². The van der Waals surface area contributed by atoms with E-state index in [0.717, 1.165) is 12.2 Å². The number of aromatic nitrogens is 1. The first-order valence-electron chi connectivity index (χ1n) is 5.09. The Balaban J connectivity index is 2.09. The van der Waals surface area contributed by atoms with Crippen molar-refractivity contribution in [1.29, 1.82) is 0 Å². The van der Waals surface area contributed by atoms with Gasteiger partial charge < -0.3 is 9.73 Å². The molecule has 16 heavy (non-hydrogen) atoms. The summed E-state index contributed by atoms with van der Waals surface area (Å²) >= 11 is 0. The topological polar surface area (TPSA) is 55.1 Å². The van der Waals surface area contributed by atoms with Crippen molar-refractivity contribution in [2.75, 3.05) is 5.32 Å². The predicted molar refractivity (Wildman–Crippen MR) is 60.3 cm³/mol. The SMILES string of the molecule is CCc1ccc(C(=O)Nc2ccncc2)o1. The summed E-state index contributed by atoms with van der Waals surface area (Å²) in [7, 11) is 0. The van der Waals surface area contributed by atoms with Gasteiger partial charge in [0.2, 0.25) is 0 Å². The molecule has 1 N–H and O–H groups in total. The minimum atomic E-state index is -0.245. The number of rotatable bonds is 3. The second kappa shape index (κ2) is 4.61. The van der Waals surface area contributed by atoms with E-state index in [1.54, 1.807) is 30.6 Å². The predicted octanol–water partition coefficient (Wildman–Crippen LogP) is 2.49. The molecule has 82 valence electrons. The lowest BCUT2D eigenvalue weighted by Gasteiger charge is -2.01. The number of hydrogen-bond donors (Lipinski definition) is 1. The second-order valence-electron chi connectivity index (χ2n) is 3.31. The molecule has 0 fully saturated rings. The van der Waals surface area contributed by atoms with Gasteiger partial charge in [0.05, 0.1) is 0 Å². The van der Waals surface area contributed by atoms with Crippen LogP contribution in [-0.4, -0.2) is 10.9 Å². The highest BCUT2D eigenvalue weighted by Gasteiger charge is 2.10. The van der Waals surface area contributed by atoms with Crippen LogP contribution in [0.2, 0.25) is 0 Å². The fourth-order valence-electron chi connectivity index (χ4n) is 1.32. The molecule has 0 spiro atoms. The molecule has 0 aliphatic rings. The summed E-state index contributed by atoms with van der Waals surface area (Å²) in [5.41, 5.74) is 0.703. The highest BCUT2D eigenvalue weighted by molar-refractivity contribution is 6.02. The normalized spacial score (nSPS) is 10.1. The summed E-state index contributed by atoms with van der Waals surface area (Å²) in [5, 5.41) is 2.72. The lowest BCUT2D eigenvalue weighted by atomic mass is 10.3. The monoisotopic (exact) mass is 216 g/mol. The van der Waals surface area contributed by atoms with Gasteiger partial charge in [-0.2, -0.15) is 0 Å². The summed E-state index contributed by atoms with van der Waals surface area (Å²) < 4.78 is 5.34. The Kier molecular flexibility index (Phi) is 3.00. The molecule has 0 aliphatic heterocycles. The number of carbonyl (C=O) groups is 1. The van der Waals surface area contributed by atoms with Gasteiger partial charge in [-0.1, -0.05) is 6.92 Å². The molecule has 2 aromatic rings. The Bertz CT molecular complexity index is 477. The lowest BCUT2D eigenvalue weighted by molar-refractivity contribution is 0.0995. The van der Waals surface area contributed by atoms with E-state index in [0.29, 0.717) is 11.4 Å². The molecule has 4 nitrogen and oxygen atoms in total. The molecule has 1 amide bonds. The molecule has 2 heterocycles. The molecule has 0 saturated carbocycles. The van der Waals surface area contributed by atoms with E-state index in [9.17, 15) is 4.79 Å². The van der Waals surface area contributed by atoms with Gasteiger partial charge in [-0.05, 0) is 24.3 Å². The molecule has 0 atom stereocenters. The van der Waals surface area contributed by atoms with Crippen molar-refractivity contribution in [2.24, 2.45) is 0 Å². The van der Waals surface area contributed by atoms with Crippen LogP contribution in [0.4, 0.5) is 5.69 Å². The number of pyridine rings is 1. The van der Waals surface area contributed by atoms with Gasteiger partial charge in [0.15, 0.2) is 5.76 Å². The van der Waals surface area contributed by atoms with E-state index in [2.05, 4.69) is 10.3 Å². The van der Waals surface area contributed by atoms with Gasteiger partial charge in [-0.3, -0.25) is 9.78 Å². The molecule has 0 unspecified atom stereocenters. The molecule has 0 aromatic carbocycles. The Labute approximate surface area is 93.3 Å². The number of carbonyl (C=O) groups excluding carboxylic acids is 1. The number of amides is 1. The van der Waals surface area contributed by atoms with E-state index in [1.807, 2.05) is 13.0 Å². The van der Waals surface area contributed by atoms with Crippen LogP contribution in [0.3, 0.4) is 0 Å². The molecular formula is C12H12N2O2. The maximum atomic E-state index is 11.7. The fourth-order valence-corrected chi connectivity index (χ4v) is 1.32. The van der Waals surface area contributed by atoms with Crippen molar-refractivity contribution in [2.45, 2.75) is 13.3 Å². The Morgan fingerprint density at radius 2 is 2.06 bits per heavy atom. The van der Waals surface area contributed by atoms with Crippen LogP contribution in [0.25, 0.3) is 0 Å². The Morgan fingerprint density at radius 3 is 2.69 bits per heavy atom. The van der Waals surface area contributed by atoms with Gasteiger partial charge in [-0.15, -0.1) is 0 Å². The smallest absolute Gasteiger partial charge is 0.291 e. The first-order chi connectivity index (χ1) is 7.79. The van der Waals surface area contributed by atoms with Crippen LogP contribution in [-0.2, 0) is 6.42 Å². The third kappa shape index (κ3) is 2.28. The molecule has 0 aliphatic carbocycles. The highest BCUT2D eigenvalue weighted by Crippen LogP contribution is 2.11. The molecule has 0 bridgehead atoms. The minimum Gasteiger partial charge on any atom is -0.456 e. The first kappa shape index (κ1) is 10.4. The zero-order chi connectivity index (χ0) is 11.4. The van der Waals surface area contributed by atoms with Crippen molar-refractivity contribution in [3.05, 3.63) is 48.2 Å². The molecule has 2 aromatic heterocycles. The van der Waals surface area contributed by atoms with Crippen molar-refractivity contribution < 1.29 is 9.21 Å². The maximum Gasteiger partial charge on any atom is 0.291 e. The summed E-state index contributed by atoms with van der Waals surface area (Å²) in [6, 6.07) is 6.93. The van der Waals surface area contributed by atoms with Gasteiger partial charge in [0, 0.05) is 24.5 Å². The van der Waals surface area contributed by atoms with E-state index in [4.69, 9.17) is 4.42 Å². The standard InChI is InChI=1S/C12H12N2O2/c1-2-10-3-4-11(16-10)12(15)14-9-5-7-13-8-6-9/h3-8H,2H2,1H3,(H,13,14,15). The number of anilines is 1. The van der Waals surface area contributed by atoms with Crippen molar-refractivity contribution >= 4 is 11.6 Å². The third-order valence-corrected chi connectivity index (χ3v) is 2.17. The van der Waals surface area contributed by atoms with Gasteiger partial charge in [-0.25, -0.2) is 0 Å². The quantitative estimate of drug-likeness (QED) is 0.857. The summed E-state index contributed by atoms with van der Waals surface area (Å²) in [4.78, 5) is 15.6. The highest BCUT2D eigenvalue weighted by atomic mass is 16.3. The number of furan rings is 1. The Morgan fingerprint density at radius 1 is 1.31 bits per heavy atom. The van der Waals surface area contributed by atoms with E-state index in [1.165, 1.54) is 0 Å². The minimum absolute atomic E-state index is 0.245. The first-order valence-corrected chi connectivity index (χ1v) is 5.09. The number of aryl methyl sites for hydroxylation is 1. The summed E-state index contributed by atoms with van der Waals surface area (Å²) in [6.07, 6.45) is 4.02. The largest absolute Gasteiger partial charge is 0.456 e. The number of hydrogen-bond acceptors (Lipinski definition) is 3. The Hall–Kier alpha value is -2.10. The fraction of sp³-hybridized carbons (Fsp3) is 0.167. The van der Waals surface area contributed by atoms with Crippen LogP contribution < -0.4 is 5.32 Å². The molecule has 4 heteroatoms. The zero-order valence-electron chi connectivity index (χ0n) is 8.93. The van der Waals surface area contributed by atoms with Gasteiger partial charge in [0.25, 0.3) is 5.91 Å². The number of nitrogens with zero attached hydrogens (tertiary/aromatic N) is 1. The maximum absolute atomic E-state index is 11.7. The van der Waals surface area contributed by atoms with Crippen molar-refractivity contribution in [3.63, 3.8) is 0 Å². The van der Waals surface area contributed by atoms with Crippen LogP contribution in [0, 0.1) is 0 Å². The average Bonchev–Trinajstić information content (AvgIpc) is 2.79. The third-order valence-electron chi connectivity index (χ3n) is 2.17. The lowest BCUT2D eigenvalue weighted by Crippen LogP contribution is -2.10. The van der Waals surface area contributed by atoms with Crippen LogP contribution in [0.5, 0.6) is 0 Å². The average molecular weight is 216 g/mol. The second-order valence-corrected chi connectivity index (χ2v) is 3.31. The van der Waals surface area contributed by atoms with E-state index in [-0.39, 0.29) is 5.91 Å². The van der Waals surface area contributed by atoms with Crippen LogP contribution in [0.15, 0.2) is 41.1 Å². The molecule has 0 saturated heterocycles. The summed E-state index contributed by atoms with van der Waals surface area (Å²) in [6.45, 7) is 1.98. The number of nitrogens with one attached hydrogen (secondary N) is 1. The zero-order valence-corrected chi connectivity index (χ0v) is 8.93. The van der Waals surface area contributed by atoms with Crippen LogP contribution in [0.1, 0.15) is 23.2 Å². The van der Waals surface area contributed by atoms with Gasteiger partial charge in [0.1, 0.15) is 5.76 Å². The molecular weight excluding hydrogens is 204 g/mol. The van der Waals surface area contributed by atoms with E-state index >= 15 is 0 Å².